The van der Waals surface area contributed by atoms with Gasteiger partial charge in [-0.15, -0.1) is 0 Å². The van der Waals surface area contributed by atoms with E-state index in [2.05, 4.69) is 6.92 Å². The summed E-state index contributed by atoms with van der Waals surface area (Å²) in [6, 6.07) is 3.75. The monoisotopic (exact) mass is 265 g/mol. The number of halogens is 1. The van der Waals surface area contributed by atoms with Crippen LogP contribution in [0.25, 0.3) is 0 Å². The van der Waals surface area contributed by atoms with Crippen LogP contribution in [-0.4, -0.2) is 12.1 Å². The highest BCUT2D eigenvalue weighted by Crippen LogP contribution is 2.29. The SMILES string of the molecule is CCC1CCCC(OC(=O)c2ccc(F)cc2N)C1. The molecule has 0 spiro atoms. The quantitative estimate of drug-likeness (QED) is 0.672. The maximum atomic E-state index is 12.9. The van der Waals surface area contributed by atoms with Crippen LogP contribution in [0.5, 0.6) is 0 Å². The van der Waals surface area contributed by atoms with Crippen molar-refractivity contribution >= 4 is 11.7 Å². The van der Waals surface area contributed by atoms with Crippen LogP contribution >= 0.6 is 0 Å². The summed E-state index contributed by atoms with van der Waals surface area (Å²) in [7, 11) is 0. The zero-order valence-corrected chi connectivity index (χ0v) is 11.2. The standard InChI is InChI=1S/C15H20FNO2/c1-2-10-4-3-5-12(8-10)19-15(18)13-7-6-11(16)9-14(13)17/h6-7,9-10,12H,2-5,8,17H2,1H3. The molecule has 1 aliphatic rings. The average molecular weight is 265 g/mol. The van der Waals surface area contributed by atoms with E-state index in [4.69, 9.17) is 10.5 Å². The molecule has 4 heteroatoms. The number of nitrogen functional groups attached to an aromatic ring is 1. The molecule has 1 aromatic carbocycles. The highest BCUT2D eigenvalue weighted by molar-refractivity contribution is 5.95. The smallest absolute Gasteiger partial charge is 0.340 e. The van der Waals surface area contributed by atoms with Gasteiger partial charge in [-0.05, 0) is 43.4 Å². The van der Waals surface area contributed by atoms with Crippen LogP contribution in [0.3, 0.4) is 0 Å². The van der Waals surface area contributed by atoms with Crippen molar-refractivity contribution in [1.29, 1.82) is 0 Å². The molecule has 0 bridgehead atoms. The van der Waals surface area contributed by atoms with Crippen LogP contribution in [-0.2, 0) is 4.74 Å². The Bertz CT molecular complexity index is 461. The summed E-state index contributed by atoms with van der Waals surface area (Å²) >= 11 is 0. The van der Waals surface area contributed by atoms with Gasteiger partial charge in [0.15, 0.2) is 0 Å². The molecule has 0 saturated heterocycles. The molecule has 3 nitrogen and oxygen atoms in total. The van der Waals surface area contributed by atoms with Gasteiger partial charge in [0, 0.05) is 5.69 Å². The van der Waals surface area contributed by atoms with E-state index in [-0.39, 0.29) is 17.4 Å². The summed E-state index contributed by atoms with van der Waals surface area (Å²) in [4.78, 5) is 12.0. The van der Waals surface area contributed by atoms with Gasteiger partial charge >= 0.3 is 5.97 Å². The van der Waals surface area contributed by atoms with Gasteiger partial charge in [-0.3, -0.25) is 0 Å². The highest BCUT2D eigenvalue weighted by atomic mass is 19.1. The molecular formula is C15H20FNO2. The van der Waals surface area contributed by atoms with Gasteiger partial charge in [-0.1, -0.05) is 19.8 Å². The Balaban J connectivity index is 2.00. The topological polar surface area (TPSA) is 52.3 Å². The lowest BCUT2D eigenvalue weighted by Gasteiger charge is -2.28. The van der Waals surface area contributed by atoms with E-state index in [1.807, 2.05) is 0 Å². The second-order valence-electron chi connectivity index (χ2n) is 5.20. The van der Waals surface area contributed by atoms with Gasteiger partial charge in [0.2, 0.25) is 0 Å². The normalized spacial score (nSPS) is 23.1. The van der Waals surface area contributed by atoms with E-state index in [0.717, 1.165) is 31.7 Å². The minimum absolute atomic E-state index is 0.0318. The lowest BCUT2D eigenvalue weighted by molar-refractivity contribution is 0.0141. The number of benzene rings is 1. The molecule has 2 rings (SSSR count). The molecule has 2 unspecified atom stereocenters. The largest absolute Gasteiger partial charge is 0.459 e. The molecule has 1 aliphatic carbocycles. The Kier molecular flexibility index (Phi) is 4.40. The van der Waals surface area contributed by atoms with Gasteiger partial charge in [-0.2, -0.15) is 0 Å². The second-order valence-corrected chi connectivity index (χ2v) is 5.20. The lowest BCUT2D eigenvalue weighted by Crippen LogP contribution is -2.25. The van der Waals surface area contributed by atoms with E-state index in [1.165, 1.54) is 18.6 Å². The van der Waals surface area contributed by atoms with Crippen LogP contribution in [0.15, 0.2) is 18.2 Å². The number of hydrogen-bond acceptors (Lipinski definition) is 3. The maximum absolute atomic E-state index is 12.9. The van der Waals surface area contributed by atoms with Crippen molar-refractivity contribution in [2.45, 2.75) is 45.1 Å². The molecule has 0 heterocycles. The number of hydrogen-bond donors (Lipinski definition) is 1. The van der Waals surface area contributed by atoms with Crippen molar-refractivity contribution < 1.29 is 13.9 Å². The number of nitrogens with two attached hydrogens (primary N) is 1. The number of carbonyl (C=O) groups excluding carboxylic acids is 1. The third-order valence-corrected chi connectivity index (χ3v) is 3.82. The van der Waals surface area contributed by atoms with E-state index >= 15 is 0 Å². The van der Waals surface area contributed by atoms with Crippen LogP contribution in [0, 0.1) is 11.7 Å². The second kappa shape index (κ2) is 6.04. The summed E-state index contributed by atoms with van der Waals surface area (Å²) in [6.07, 6.45) is 5.22. The first-order valence-corrected chi connectivity index (χ1v) is 6.86. The number of esters is 1. The van der Waals surface area contributed by atoms with Crippen molar-refractivity contribution in [3.8, 4) is 0 Å². The molecule has 2 N–H and O–H groups in total. The molecule has 1 fully saturated rings. The average Bonchev–Trinajstić information content (AvgIpc) is 2.38. The van der Waals surface area contributed by atoms with E-state index in [1.54, 1.807) is 0 Å². The Hall–Kier alpha value is -1.58. The zero-order valence-electron chi connectivity index (χ0n) is 11.2. The molecule has 1 aromatic rings. The van der Waals surface area contributed by atoms with Crippen LogP contribution < -0.4 is 5.73 Å². The molecule has 1 saturated carbocycles. The highest BCUT2D eigenvalue weighted by Gasteiger charge is 2.24. The van der Waals surface area contributed by atoms with Gasteiger partial charge < -0.3 is 10.5 Å². The summed E-state index contributed by atoms with van der Waals surface area (Å²) in [5.41, 5.74) is 6.02. The Morgan fingerprint density at radius 2 is 2.26 bits per heavy atom. The predicted molar refractivity (Wildman–Crippen MR) is 72.3 cm³/mol. The van der Waals surface area contributed by atoms with E-state index in [0.29, 0.717) is 5.92 Å². The Morgan fingerprint density at radius 3 is 2.95 bits per heavy atom. The van der Waals surface area contributed by atoms with Crippen LogP contribution in [0.1, 0.15) is 49.4 Å². The zero-order chi connectivity index (χ0) is 13.8. The number of ether oxygens (including phenoxy) is 1. The fourth-order valence-electron chi connectivity index (χ4n) is 2.65. The lowest BCUT2D eigenvalue weighted by atomic mass is 9.85. The van der Waals surface area contributed by atoms with Crippen molar-refractivity contribution in [2.75, 3.05) is 5.73 Å². The van der Waals surface area contributed by atoms with Gasteiger partial charge in [-0.25, -0.2) is 9.18 Å². The summed E-state index contributed by atoms with van der Waals surface area (Å²) in [6.45, 7) is 2.16. The molecule has 0 aliphatic heterocycles. The molecule has 0 radical (unpaired) electrons. The fraction of sp³-hybridized carbons (Fsp3) is 0.533. The molecule has 19 heavy (non-hydrogen) atoms. The van der Waals surface area contributed by atoms with E-state index in [9.17, 15) is 9.18 Å². The third-order valence-electron chi connectivity index (χ3n) is 3.82. The van der Waals surface area contributed by atoms with Crippen molar-refractivity contribution in [2.24, 2.45) is 5.92 Å². The van der Waals surface area contributed by atoms with E-state index < -0.39 is 11.8 Å². The number of rotatable bonds is 3. The molecule has 2 atom stereocenters. The summed E-state index contributed by atoms with van der Waals surface area (Å²) in [5, 5.41) is 0. The first-order valence-electron chi connectivity index (χ1n) is 6.86. The third kappa shape index (κ3) is 3.46. The first-order chi connectivity index (χ1) is 9.10. The van der Waals surface area contributed by atoms with Crippen molar-refractivity contribution in [3.05, 3.63) is 29.6 Å². The minimum Gasteiger partial charge on any atom is -0.459 e. The predicted octanol–water partition coefficient (Wildman–Crippen LogP) is 3.53. The molecular weight excluding hydrogens is 245 g/mol. The number of carbonyl (C=O) groups is 1. The van der Waals surface area contributed by atoms with Gasteiger partial charge in [0.25, 0.3) is 0 Å². The van der Waals surface area contributed by atoms with Crippen LogP contribution in [0.2, 0.25) is 0 Å². The number of anilines is 1. The Morgan fingerprint density at radius 1 is 1.47 bits per heavy atom. The van der Waals surface area contributed by atoms with Crippen molar-refractivity contribution in [3.63, 3.8) is 0 Å². The molecule has 0 amide bonds. The molecule has 104 valence electrons. The maximum Gasteiger partial charge on any atom is 0.340 e. The first kappa shape index (κ1) is 13.8. The minimum atomic E-state index is -0.447. The summed E-state index contributed by atoms with van der Waals surface area (Å²) < 4.78 is 18.4. The van der Waals surface area contributed by atoms with Gasteiger partial charge in [0.05, 0.1) is 5.56 Å². The molecule has 0 aromatic heterocycles. The Labute approximate surface area is 112 Å². The van der Waals surface area contributed by atoms with Gasteiger partial charge in [0.1, 0.15) is 11.9 Å². The van der Waals surface area contributed by atoms with Crippen molar-refractivity contribution in [1.82, 2.24) is 0 Å². The fourth-order valence-corrected chi connectivity index (χ4v) is 2.65. The van der Waals surface area contributed by atoms with Crippen LogP contribution in [0.4, 0.5) is 10.1 Å². The summed E-state index contributed by atoms with van der Waals surface area (Å²) in [5.74, 6) is -0.255.